The lowest BCUT2D eigenvalue weighted by Gasteiger charge is -2.33. The molecule has 1 unspecified atom stereocenters. The van der Waals surface area contributed by atoms with Crippen LogP contribution >= 0.6 is 11.3 Å². The first-order valence-electron chi connectivity index (χ1n) is 15.5. The molecule has 244 valence electrons. The number of unbranched alkanes of at least 4 members (excludes halogenated alkanes) is 1. The molecule has 1 aliphatic heterocycles. The van der Waals surface area contributed by atoms with Gasteiger partial charge in [-0.1, -0.05) is 35.0 Å². The summed E-state index contributed by atoms with van der Waals surface area (Å²) in [6, 6.07) is 16.9. The standard InChI is InChI=1S/C35H38F2N6O3S/c1-4-39-19-33(45)46-34-24(2)15-27(16-25(34)3)20-41-22-42(35-40-31(21-47-35)28-9-7-26(18-38)8-10-28)43(23-41,13-5-6-14-44)32-12-11-29(36)17-30(32)37/h7-12,15-17,21,23,39,44H,4-6,13-14,19-20,22H2,1-3H3/q+2. The van der Waals surface area contributed by atoms with Gasteiger partial charge in [-0.15, -0.1) is 5.01 Å². The summed E-state index contributed by atoms with van der Waals surface area (Å²) in [4.78, 5) is 17.2. The van der Waals surface area contributed by atoms with E-state index in [9.17, 15) is 19.6 Å². The SMILES string of the molecule is CCNCC(=O)Oc1c(C)cc(C[N+]2=C[N+](CCCCO)(c3ccc(F)cc3F)N(c3nc(-c4ccc(C#N)cc4)cs3)C2)cc1C. The number of benzene rings is 3. The Balaban J connectivity index is 1.54. The second-order valence-electron chi connectivity index (χ2n) is 11.5. The number of likely N-dealkylation sites (N-methyl/N-ethyl adjacent to an activating group) is 1. The Morgan fingerprint density at radius 1 is 1.15 bits per heavy atom. The average molecular weight is 661 g/mol. The van der Waals surface area contributed by atoms with E-state index in [2.05, 4.69) is 16.0 Å². The lowest BCUT2D eigenvalue weighted by molar-refractivity contribution is -0.531. The Kier molecular flexibility index (Phi) is 10.7. The number of anilines is 1. The van der Waals surface area contributed by atoms with Crippen molar-refractivity contribution >= 4 is 34.5 Å². The first-order chi connectivity index (χ1) is 22.7. The van der Waals surface area contributed by atoms with E-state index in [1.165, 1.54) is 23.5 Å². The van der Waals surface area contributed by atoms with E-state index in [-0.39, 0.29) is 29.4 Å². The van der Waals surface area contributed by atoms with Crippen molar-refractivity contribution in [2.75, 3.05) is 37.9 Å². The van der Waals surface area contributed by atoms with Crippen LogP contribution in [-0.4, -0.2) is 59.9 Å². The third kappa shape index (κ3) is 7.55. The number of ether oxygens (including phenoxy) is 1. The van der Waals surface area contributed by atoms with Crippen molar-refractivity contribution in [3.63, 3.8) is 0 Å². The number of nitrogens with zero attached hydrogens (tertiary/aromatic N) is 5. The molecule has 0 fully saturated rings. The summed E-state index contributed by atoms with van der Waals surface area (Å²) in [7, 11) is 0. The molecule has 1 aliphatic rings. The number of aromatic nitrogens is 1. The van der Waals surface area contributed by atoms with Gasteiger partial charge in [-0.25, -0.2) is 13.8 Å². The predicted molar refractivity (Wildman–Crippen MR) is 179 cm³/mol. The van der Waals surface area contributed by atoms with Crippen molar-refractivity contribution in [3.05, 3.63) is 93.9 Å². The van der Waals surface area contributed by atoms with Crippen LogP contribution in [0.25, 0.3) is 11.3 Å². The summed E-state index contributed by atoms with van der Waals surface area (Å²) in [6.07, 6.45) is 3.00. The normalized spacial score (nSPS) is 15.9. The van der Waals surface area contributed by atoms with Crippen LogP contribution in [0.4, 0.5) is 19.6 Å². The number of aryl methyl sites for hydroxylation is 2. The summed E-state index contributed by atoms with van der Waals surface area (Å²) >= 11 is 1.41. The van der Waals surface area contributed by atoms with Crippen molar-refractivity contribution < 1.29 is 28.0 Å². The smallest absolute Gasteiger partial charge is 0.359 e. The molecule has 47 heavy (non-hydrogen) atoms. The third-order valence-corrected chi connectivity index (χ3v) is 8.85. The number of rotatable bonds is 13. The Bertz CT molecular complexity index is 1800. The molecule has 0 saturated carbocycles. The molecule has 12 heteroatoms. The monoisotopic (exact) mass is 660 g/mol. The molecule has 9 nitrogen and oxygen atoms in total. The molecule has 0 saturated heterocycles. The fourth-order valence-corrected chi connectivity index (χ4v) is 6.73. The Morgan fingerprint density at radius 3 is 2.55 bits per heavy atom. The quantitative estimate of drug-likeness (QED) is 0.0614. The number of thiazole rings is 1. The molecule has 2 N–H and O–H groups in total. The van der Waals surface area contributed by atoms with Crippen molar-refractivity contribution in [3.8, 4) is 23.1 Å². The van der Waals surface area contributed by atoms with Crippen LogP contribution in [0.5, 0.6) is 5.75 Å². The van der Waals surface area contributed by atoms with E-state index in [1.807, 2.05) is 61.8 Å². The topological polar surface area (TPSA) is 101 Å². The number of quaternary nitrogens is 1. The minimum Gasteiger partial charge on any atom is -0.425 e. The van der Waals surface area contributed by atoms with Gasteiger partial charge in [-0.2, -0.15) is 9.84 Å². The zero-order valence-corrected chi connectivity index (χ0v) is 27.5. The number of nitrogens with one attached hydrogen (secondary N) is 1. The molecule has 3 aromatic carbocycles. The summed E-state index contributed by atoms with van der Waals surface area (Å²) in [5, 5.41) is 26.3. The lowest BCUT2D eigenvalue weighted by atomic mass is 10.1. The molecule has 1 aromatic heterocycles. The maximum Gasteiger partial charge on any atom is 0.359 e. The number of aliphatic hydroxyl groups is 1. The van der Waals surface area contributed by atoms with Gasteiger partial charge in [0.25, 0.3) is 6.67 Å². The summed E-state index contributed by atoms with van der Waals surface area (Å²) in [5.74, 6) is -1.18. The highest BCUT2D eigenvalue weighted by Gasteiger charge is 2.51. The van der Waals surface area contributed by atoms with E-state index in [4.69, 9.17) is 9.72 Å². The minimum atomic E-state index is -0.684. The highest BCUT2D eigenvalue weighted by atomic mass is 32.1. The number of hydrogen-bond donors (Lipinski definition) is 2. The zero-order chi connectivity index (χ0) is 33.6. The highest BCUT2D eigenvalue weighted by molar-refractivity contribution is 7.14. The van der Waals surface area contributed by atoms with Gasteiger partial charge in [0.05, 0.1) is 23.9 Å². The number of carbonyl (C=O) groups excluding carboxylic acids is 1. The lowest BCUT2D eigenvalue weighted by Crippen LogP contribution is -2.59. The maximum atomic E-state index is 15.7. The largest absolute Gasteiger partial charge is 0.425 e. The first-order valence-corrected chi connectivity index (χ1v) is 16.3. The van der Waals surface area contributed by atoms with E-state index in [0.29, 0.717) is 61.3 Å². The molecular formula is C35H38F2N6O3S+2. The van der Waals surface area contributed by atoms with Crippen LogP contribution < -0.4 is 19.7 Å². The zero-order valence-electron chi connectivity index (χ0n) is 26.7. The van der Waals surface area contributed by atoms with Gasteiger partial charge in [0.1, 0.15) is 18.1 Å². The Labute approximate surface area is 277 Å². The van der Waals surface area contributed by atoms with E-state index in [1.54, 1.807) is 12.1 Å². The van der Waals surface area contributed by atoms with E-state index >= 15 is 4.39 Å². The van der Waals surface area contributed by atoms with Gasteiger partial charge >= 0.3 is 12.3 Å². The van der Waals surface area contributed by atoms with E-state index in [0.717, 1.165) is 28.3 Å². The third-order valence-electron chi connectivity index (χ3n) is 8.00. The Morgan fingerprint density at radius 2 is 1.89 bits per heavy atom. The van der Waals surface area contributed by atoms with E-state index < -0.39 is 11.6 Å². The van der Waals surface area contributed by atoms with Crippen LogP contribution in [0.1, 0.15) is 42.0 Å². The van der Waals surface area contributed by atoms with Crippen LogP contribution in [-0.2, 0) is 11.3 Å². The predicted octanol–water partition coefficient (Wildman–Crippen LogP) is 5.81. The molecule has 0 spiro atoms. The van der Waals surface area contributed by atoms with Gasteiger partial charge in [-0.05, 0) is 68.3 Å². The minimum absolute atomic E-state index is 0.0142. The second-order valence-corrected chi connectivity index (χ2v) is 12.3. The van der Waals surface area contributed by atoms with Gasteiger partial charge in [0, 0.05) is 41.7 Å². The van der Waals surface area contributed by atoms with Crippen LogP contribution in [0, 0.1) is 36.8 Å². The maximum absolute atomic E-state index is 15.7. The van der Waals surface area contributed by atoms with Crippen LogP contribution in [0.3, 0.4) is 0 Å². The molecular weight excluding hydrogens is 622 g/mol. The van der Waals surface area contributed by atoms with Gasteiger partial charge in [0.2, 0.25) is 10.8 Å². The molecule has 4 aromatic rings. The number of esters is 1. The number of aliphatic hydroxyl groups excluding tert-OH is 1. The van der Waals surface area contributed by atoms with Crippen molar-refractivity contribution in [1.29, 1.82) is 5.26 Å². The number of nitriles is 1. The fourth-order valence-electron chi connectivity index (χ4n) is 5.84. The van der Waals surface area contributed by atoms with Crippen molar-refractivity contribution in [2.24, 2.45) is 0 Å². The van der Waals surface area contributed by atoms with Gasteiger partial charge < -0.3 is 15.2 Å². The van der Waals surface area contributed by atoms with Crippen LogP contribution in [0.15, 0.2) is 60.0 Å². The number of carbonyl (C=O) groups is 1. The second kappa shape index (κ2) is 14.9. The van der Waals surface area contributed by atoms with Crippen LogP contribution in [0.2, 0.25) is 0 Å². The van der Waals surface area contributed by atoms with Crippen molar-refractivity contribution in [1.82, 2.24) is 14.9 Å². The summed E-state index contributed by atoms with van der Waals surface area (Å²) in [5.41, 5.74) is 4.97. The molecule has 0 radical (unpaired) electrons. The molecule has 0 bridgehead atoms. The number of hydrogen-bond acceptors (Lipinski definition) is 8. The van der Waals surface area contributed by atoms with Gasteiger partial charge in [-0.3, -0.25) is 4.79 Å². The molecule has 0 aliphatic carbocycles. The summed E-state index contributed by atoms with van der Waals surface area (Å²) in [6.45, 7) is 7.68. The average Bonchev–Trinajstić information content (AvgIpc) is 3.67. The molecule has 5 rings (SSSR count). The Hall–Kier alpha value is -4.54. The molecule has 1 atom stereocenters. The van der Waals surface area contributed by atoms with Gasteiger partial charge in [0.15, 0.2) is 12.4 Å². The highest BCUT2D eigenvalue weighted by Crippen LogP contribution is 2.38. The van der Waals surface area contributed by atoms with Crippen molar-refractivity contribution in [2.45, 2.75) is 40.2 Å². The first kappa shape index (κ1) is 33.8. The molecule has 0 amide bonds. The molecule has 2 heterocycles. The fraction of sp³-hybridized carbons (Fsp3) is 0.314. The summed E-state index contributed by atoms with van der Waals surface area (Å²) < 4.78 is 37.5. The number of halogens is 2.